The third-order valence-electron chi connectivity index (χ3n) is 6.45. The zero-order valence-electron chi connectivity index (χ0n) is 15.9. The molecule has 11 heteroatoms. The maximum atomic E-state index is 14.5. The van der Waals surface area contributed by atoms with Gasteiger partial charge in [0.05, 0.1) is 17.0 Å². The minimum absolute atomic E-state index is 0.00601. The highest BCUT2D eigenvalue weighted by atomic mass is 32.2. The number of hydrogen-bond acceptors (Lipinski definition) is 7. The minimum atomic E-state index is -3.72. The lowest BCUT2D eigenvalue weighted by Gasteiger charge is -2.35. The van der Waals surface area contributed by atoms with Gasteiger partial charge in [-0.25, -0.2) is 22.5 Å². The second-order valence-electron chi connectivity index (χ2n) is 8.15. The van der Waals surface area contributed by atoms with E-state index in [0.717, 1.165) is 12.6 Å². The highest BCUT2D eigenvalue weighted by Gasteiger charge is 2.55. The van der Waals surface area contributed by atoms with Crippen LogP contribution in [0.5, 0.6) is 0 Å². The Morgan fingerprint density at radius 3 is 2.87 bits per heavy atom. The molecule has 1 aromatic carbocycles. The van der Waals surface area contributed by atoms with Crippen molar-refractivity contribution in [2.75, 3.05) is 17.2 Å². The van der Waals surface area contributed by atoms with E-state index in [0.29, 0.717) is 12.1 Å². The molecule has 2 saturated carbocycles. The van der Waals surface area contributed by atoms with Gasteiger partial charge in [0.2, 0.25) is 21.9 Å². The van der Waals surface area contributed by atoms with Crippen molar-refractivity contribution in [1.82, 2.24) is 14.7 Å². The lowest BCUT2D eigenvalue weighted by Crippen LogP contribution is -2.47. The third-order valence-corrected chi connectivity index (χ3v) is 7.88. The molecule has 1 unspecified atom stereocenters. The Bertz CT molecular complexity index is 1130. The zero-order chi connectivity index (χ0) is 21.0. The Hall–Kier alpha value is -2.79. The molecule has 5 atom stereocenters. The first-order valence-electron chi connectivity index (χ1n) is 9.77. The summed E-state index contributed by atoms with van der Waals surface area (Å²) in [5, 5.41) is 5.98. The average Bonchev–Trinajstić information content (AvgIpc) is 3.27. The van der Waals surface area contributed by atoms with Gasteiger partial charge in [-0.1, -0.05) is 6.07 Å². The molecule has 0 radical (unpaired) electrons. The van der Waals surface area contributed by atoms with Crippen molar-refractivity contribution in [1.29, 1.82) is 0 Å². The number of nitrogens with two attached hydrogens (primary N) is 1. The number of sulfonamides is 1. The molecule has 5 N–H and O–H groups in total. The van der Waals surface area contributed by atoms with Gasteiger partial charge in [0.1, 0.15) is 0 Å². The van der Waals surface area contributed by atoms with Crippen LogP contribution in [0, 0.1) is 29.5 Å². The number of nitrogens with zero attached hydrogens (tertiary/aromatic N) is 2. The van der Waals surface area contributed by atoms with Crippen molar-refractivity contribution < 1.29 is 17.6 Å². The van der Waals surface area contributed by atoms with E-state index in [4.69, 9.17) is 5.73 Å². The summed E-state index contributed by atoms with van der Waals surface area (Å²) in [6.45, 7) is 0.238. The van der Waals surface area contributed by atoms with Gasteiger partial charge in [-0.15, -0.1) is 0 Å². The van der Waals surface area contributed by atoms with Gasteiger partial charge in [-0.05, 0) is 48.8 Å². The first kappa shape index (κ1) is 19.2. The highest BCUT2D eigenvalue weighted by molar-refractivity contribution is 7.89. The van der Waals surface area contributed by atoms with E-state index in [2.05, 4.69) is 25.3 Å². The number of rotatable bonds is 1. The van der Waals surface area contributed by atoms with E-state index in [1.807, 2.05) is 0 Å². The van der Waals surface area contributed by atoms with Crippen LogP contribution in [0.1, 0.15) is 12.8 Å². The molecule has 9 nitrogen and oxygen atoms in total. The largest absolute Gasteiger partial charge is 0.369 e. The summed E-state index contributed by atoms with van der Waals surface area (Å²) in [5.74, 6) is -1.44. The molecule has 2 heterocycles. The van der Waals surface area contributed by atoms with Gasteiger partial charge in [-0.3, -0.25) is 4.79 Å². The van der Waals surface area contributed by atoms with Crippen LogP contribution in [0.25, 0.3) is 0 Å². The van der Waals surface area contributed by atoms with Crippen molar-refractivity contribution in [3.8, 4) is 0 Å². The van der Waals surface area contributed by atoms with Gasteiger partial charge in [0.15, 0.2) is 11.6 Å². The lowest BCUT2D eigenvalue weighted by molar-refractivity contribution is -0.123. The Morgan fingerprint density at radius 2 is 2.07 bits per heavy atom. The summed E-state index contributed by atoms with van der Waals surface area (Å²) in [6.07, 6.45) is 2.46. The summed E-state index contributed by atoms with van der Waals surface area (Å²) in [4.78, 5) is 20.4. The molecule has 30 heavy (non-hydrogen) atoms. The smallest absolute Gasteiger partial charge is 0.240 e. The van der Waals surface area contributed by atoms with Crippen LogP contribution in [0.4, 0.5) is 21.8 Å². The number of nitrogens with one attached hydrogen (secondary N) is 3. The van der Waals surface area contributed by atoms with E-state index in [-0.39, 0.29) is 41.0 Å². The Balaban J connectivity index is 1.60. The second kappa shape index (κ2) is 6.88. The van der Waals surface area contributed by atoms with Crippen LogP contribution in [-0.4, -0.2) is 36.9 Å². The number of aromatic nitrogens is 2. The molecule has 1 aromatic heterocycles. The first-order chi connectivity index (χ1) is 14.3. The molecular weight excluding hydrogens is 411 g/mol. The molecule has 158 valence electrons. The fourth-order valence-corrected chi connectivity index (χ4v) is 6.33. The first-order valence-corrected chi connectivity index (χ1v) is 11.3. The standard InChI is InChI=1S/C19H21FN6O3S/c20-14-8-22-19-24-11-2-1-3-12(6-11)30(28,29)23-7-10-4-9-5-13(10)16(15(9)17(21)27)25-18(14)26-19/h1-3,6,8-10,13,15-16,23H,4-5,7H2,(H2,21,27)(H2,22,24,25,26)/t9-,10?,13+,15-,16+/m0/s1. The third kappa shape index (κ3) is 3.18. The minimum Gasteiger partial charge on any atom is -0.369 e. The van der Waals surface area contributed by atoms with Crippen LogP contribution in [-0.2, 0) is 14.8 Å². The number of fused-ring (bicyclic) bond motifs is 5. The van der Waals surface area contributed by atoms with Crippen molar-refractivity contribution in [2.45, 2.75) is 23.8 Å². The molecule has 5 rings (SSSR count). The fourth-order valence-electron chi connectivity index (χ4n) is 5.19. The van der Waals surface area contributed by atoms with Crippen molar-refractivity contribution >= 4 is 33.4 Å². The van der Waals surface area contributed by atoms with Crippen LogP contribution in [0.3, 0.4) is 0 Å². The Morgan fingerprint density at radius 1 is 1.23 bits per heavy atom. The van der Waals surface area contributed by atoms with Crippen molar-refractivity contribution in [3.05, 3.63) is 36.3 Å². The predicted molar refractivity (Wildman–Crippen MR) is 107 cm³/mol. The SMILES string of the molecule is NC(=O)[C@H]1[C@H]2CC3CNS(=O)(=O)c4cccc(c4)Nc4ncc(F)c(n4)N[C@@H]1[C@@H]3C2. The van der Waals surface area contributed by atoms with E-state index in [9.17, 15) is 17.6 Å². The molecule has 1 aliphatic heterocycles. The lowest BCUT2D eigenvalue weighted by atomic mass is 9.78. The number of benzene rings is 1. The van der Waals surface area contributed by atoms with Crippen molar-refractivity contribution in [3.63, 3.8) is 0 Å². The molecular formula is C19H21FN6O3S. The van der Waals surface area contributed by atoms with Gasteiger partial charge < -0.3 is 16.4 Å². The molecule has 0 spiro atoms. The molecule has 2 fully saturated rings. The summed E-state index contributed by atoms with van der Waals surface area (Å²) >= 11 is 0. The summed E-state index contributed by atoms with van der Waals surface area (Å²) < 4.78 is 42.8. The zero-order valence-corrected chi connectivity index (χ0v) is 16.7. The number of hydrogen-bond donors (Lipinski definition) is 4. The topological polar surface area (TPSA) is 139 Å². The van der Waals surface area contributed by atoms with Gasteiger partial charge in [0, 0.05) is 18.3 Å². The Kier molecular flexibility index (Phi) is 4.40. The van der Waals surface area contributed by atoms with Gasteiger partial charge in [0.25, 0.3) is 0 Å². The van der Waals surface area contributed by atoms with E-state index >= 15 is 0 Å². The maximum Gasteiger partial charge on any atom is 0.240 e. The number of halogens is 1. The normalized spacial score (nSPS) is 31.3. The molecule has 6 bridgehead atoms. The average molecular weight is 432 g/mol. The summed E-state index contributed by atoms with van der Waals surface area (Å²) in [5.41, 5.74) is 6.10. The van der Waals surface area contributed by atoms with Crippen molar-refractivity contribution in [2.24, 2.45) is 29.4 Å². The van der Waals surface area contributed by atoms with Crippen LogP contribution in [0.2, 0.25) is 0 Å². The fraction of sp³-hybridized carbons (Fsp3) is 0.421. The Labute approximate surface area is 172 Å². The van der Waals surface area contributed by atoms with Crippen LogP contribution in [0.15, 0.2) is 35.4 Å². The van der Waals surface area contributed by atoms with E-state index < -0.39 is 33.7 Å². The van der Waals surface area contributed by atoms with Crippen LogP contribution >= 0.6 is 0 Å². The maximum absolute atomic E-state index is 14.5. The summed E-state index contributed by atoms with van der Waals surface area (Å²) in [7, 11) is -3.72. The summed E-state index contributed by atoms with van der Waals surface area (Å²) in [6, 6.07) is 5.83. The van der Waals surface area contributed by atoms with Crippen LogP contribution < -0.4 is 21.1 Å². The quantitative estimate of drug-likeness (QED) is 0.531. The number of primary amides is 1. The number of amides is 1. The highest BCUT2D eigenvalue weighted by Crippen LogP contribution is 2.52. The molecule has 3 aliphatic rings. The molecule has 0 saturated heterocycles. The van der Waals surface area contributed by atoms with Gasteiger partial charge in [-0.2, -0.15) is 4.98 Å². The molecule has 2 aromatic rings. The number of carbonyl (C=O) groups excluding carboxylic acids is 1. The van der Waals surface area contributed by atoms with E-state index in [1.165, 1.54) is 12.1 Å². The second-order valence-corrected chi connectivity index (χ2v) is 9.92. The van der Waals surface area contributed by atoms with E-state index in [1.54, 1.807) is 12.1 Å². The molecule has 1 amide bonds. The predicted octanol–water partition coefficient (Wildman–Crippen LogP) is 1.19. The molecule has 2 aliphatic carbocycles. The number of anilines is 3. The number of carbonyl (C=O) groups is 1. The van der Waals surface area contributed by atoms with Gasteiger partial charge >= 0.3 is 0 Å². The monoisotopic (exact) mass is 432 g/mol.